The Hall–Kier alpha value is -0.160. The van der Waals surface area contributed by atoms with E-state index in [1.165, 1.54) is 77.8 Å². The molecule has 0 unspecified atom stereocenters. The molecule has 0 saturated carbocycles. The highest BCUT2D eigenvalue weighted by atomic mass is 16.5. The van der Waals surface area contributed by atoms with Crippen molar-refractivity contribution in [2.75, 3.05) is 65.6 Å². The smallest absolute Gasteiger partial charge is 0.0594 e. The summed E-state index contributed by atoms with van der Waals surface area (Å²) in [6.07, 6.45) is 8.54. The number of rotatable bonds is 7. The van der Waals surface area contributed by atoms with Gasteiger partial charge in [0.25, 0.3) is 0 Å². The highest BCUT2D eigenvalue weighted by molar-refractivity contribution is 4.88. The molecule has 0 aromatic rings. The van der Waals surface area contributed by atoms with Crippen molar-refractivity contribution < 1.29 is 4.74 Å². The monoisotopic (exact) mass is 323 g/mol. The molecule has 0 N–H and O–H groups in total. The van der Waals surface area contributed by atoms with E-state index in [2.05, 4.69) is 21.6 Å². The van der Waals surface area contributed by atoms with Crippen molar-refractivity contribution in [3.63, 3.8) is 0 Å². The quantitative estimate of drug-likeness (QED) is 0.715. The molecule has 0 radical (unpaired) electrons. The van der Waals surface area contributed by atoms with E-state index in [1.54, 1.807) is 0 Å². The highest BCUT2D eigenvalue weighted by Gasteiger charge is 2.33. The first-order valence-electron chi connectivity index (χ1n) is 10.1. The second-order valence-electron chi connectivity index (χ2n) is 7.70. The summed E-state index contributed by atoms with van der Waals surface area (Å²) in [7, 11) is 0. The number of fused-ring (bicyclic) bond motifs is 1. The van der Waals surface area contributed by atoms with Gasteiger partial charge in [-0.05, 0) is 70.7 Å². The number of hydrogen-bond acceptors (Lipinski definition) is 4. The van der Waals surface area contributed by atoms with E-state index in [4.69, 9.17) is 4.74 Å². The summed E-state index contributed by atoms with van der Waals surface area (Å²) in [5.74, 6) is 0.924. The van der Waals surface area contributed by atoms with Gasteiger partial charge in [0, 0.05) is 25.7 Å². The lowest BCUT2D eigenvalue weighted by atomic mass is 9.83. The third-order valence-corrected chi connectivity index (χ3v) is 6.22. The van der Waals surface area contributed by atoms with Gasteiger partial charge in [-0.1, -0.05) is 13.3 Å². The molecule has 134 valence electrons. The van der Waals surface area contributed by atoms with Gasteiger partial charge in [0.15, 0.2) is 0 Å². The Kier molecular flexibility index (Phi) is 7.18. The zero-order valence-electron chi connectivity index (χ0n) is 15.2. The topological polar surface area (TPSA) is 19.0 Å². The van der Waals surface area contributed by atoms with Crippen LogP contribution in [0.5, 0.6) is 0 Å². The second kappa shape index (κ2) is 9.36. The normalized spacial score (nSPS) is 30.5. The van der Waals surface area contributed by atoms with Crippen LogP contribution in [0.15, 0.2) is 0 Å². The van der Waals surface area contributed by atoms with Crippen molar-refractivity contribution in [1.29, 1.82) is 0 Å². The number of ether oxygens (including phenoxy) is 1. The Morgan fingerprint density at radius 2 is 1.83 bits per heavy atom. The van der Waals surface area contributed by atoms with E-state index in [0.717, 1.165) is 38.3 Å². The molecule has 3 fully saturated rings. The minimum Gasteiger partial charge on any atom is -0.379 e. The SMILES string of the molecule is CCN(CCCN1CCOCC1)C[C@@H]1CCCN2CCCC[C@H]12. The molecule has 0 aromatic carbocycles. The molecule has 23 heavy (non-hydrogen) atoms. The maximum Gasteiger partial charge on any atom is 0.0594 e. The lowest BCUT2D eigenvalue weighted by molar-refractivity contribution is 0.0311. The summed E-state index contributed by atoms with van der Waals surface area (Å²) in [5.41, 5.74) is 0. The molecular formula is C19H37N3O. The van der Waals surface area contributed by atoms with Gasteiger partial charge >= 0.3 is 0 Å². The van der Waals surface area contributed by atoms with Crippen molar-refractivity contribution in [3.8, 4) is 0 Å². The second-order valence-corrected chi connectivity index (χ2v) is 7.70. The molecule has 4 heteroatoms. The first-order chi connectivity index (χ1) is 11.4. The van der Waals surface area contributed by atoms with Crippen molar-refractivity contribution in [2.24, 2.45) is 5.92 Å². The minimum atomic E-state index is 0.894. The molecule has 3 saturated heterocycles. The Balaban J connectivity index is 1.40. The first kappa shape index (κ1) is 17.7. The lowest BCUT2D eigenvalue weighted by Gasteiger charge is -2.45. The number of piperidine rings is 2. The maximum atomic E-state index is 5.44. The molecular weight excluding hydrogens is 286 g/mol. The van der Waals surface area contributed by atoms with Crippen LogP contribution in [0, 0.1) is 5.92 Å². The molecule has 3 aliphatic heterocycles. The third kappa shape index (κ3) is 5.15. The number of hydrogen-bond donors (Lipinski definition) is 0. The molecule has 3 heterocycles. The first-order valence-corrected chi connectivity index (χ1v) is 10.1. The molecule has 4 nitrogen and oxygen atoms in total. The van der Waals surface area contributed by atoms with E-state index >= 15 is 0 Å². The molecule has 0 aromatic heterocycles. The van der Waals surface area contributed by atoms with Gasteiger partial charge in [-0.2, -0.15) is 0 Å². The average Bonchev–Trinajstić information content (AvgIpc) is 2.62. The van der Waals surface area contributed by atoms with Crippen LogP contribution in [0.1, 0.15) is 45.4 Å². The van der Waals surface area contributed by atoms with E-state index < -0.39 is 0 Å². The number of nitrogens with zero attached hydrogens (tertiary/aromatic N) is 3. The minimum absolute atomic E-state index is 0.894. The van der Waals surface area contributed by atoms with Crippen LogP contribution in [0.3, 0.4) is 0 Å². The van der Waals surface area contributed by atoms with E-state index in [1.807, 2.05) is 0 Å². The van der Waals surface area contributed by atoms with Gasteiger partial charge in [0.1, 0.15) is 0 Å². The largest absolute Gasteiger partial charge is 0.379 e. The summed E-state index contributed by atoms with van der Waals surface area (Å²) in [5, 5.41) is 0. The van der Waals surface area contributed by atoms with Crippen LogP contribution in [0.25, 0.3) is 0 Å². The van der Waals surface area contributed by atoms with Gasteiger partial charge in [-0.3, -0.25) is 4.90 Å². The Bertz CT molecular complexity index is 331. The average molecular weight is 324 g/mol. The van der Waals surface area contributed by atoms with Gasteiger partial charge in [-0.25, -0.2) is 0 Å². The number of morpholine rings is 1. The van der Waals surface area contributed by atoms with E-state index in [0.29, 0.717) is 0 Å². The molecule has 0 amide bonds. The maximum absolute atomic E-state index is 5.44. The summed E-state index contributed by atoms with van der Waals surface area (Å²) >= 11 is 0. The summed E-state index contributed by atoms with van der Waals surface area (Å²) < 4.78 is 5.44. The van der Waals surface area contributed by atoms with Crippen LogP contribution in [-0.4, -0.2) is 86.3 Å². The molecule has 3 aliphatic rings. The molecule has 3 rings (SSSR count). The van der Waals surface area contributed by atoms with Crippen molar-refractivity contribution in [3.05, 3.63) is 0 Å². The van der Waals surface area contributed by atoms with E-state index in [9.17, 15) is 0 Å². The predicted octanol–water partition coefficient (Wildman–Crippen LogP) is 2.30. The van der Waals surface area contributed by atoms with Crippen LogP contribution in [-0.2, 0) is 4.74 Å². The van der Waals surface area contributed by atoms with Crippen molar-refractivity contribution in [1.82, 2.24) is 14.7 Å². The molecule has 0 spiro atoms. The van der Waals surface area contributed by atoms with Gasteiger partial charge in [-0.15, -0.1) is 0 Å². The van der Waals surface area contributed by atoms with Gasteiger partial charge < -0.3 is 14.5 Å². The van der Waals surface area contributed by atoms with Gasteiger partial charge in [0.05, 0.1) is 13.2 Å². The zero-order valence-corrected chi connectivity index (χ0v) is 15.2. The Morgan fingerprint density at radius 3 is 2.65 bits per heavy atom. The Morgan fingerprint density at radius 1 is 1.00 bits per heavy atom. The molecule has 0 aliphatic carbocycles. The molecule has 2 atom stereocenters. The lowest BCUT2D eigenvalue weighted by Crippen LogP contribution is -2.51. The summed E-state index contributed by atoms with van der Waals surface area (Å²) in [6.45, 7) is 14.3. The predicted molar refractivity (Wildman–Crippen MR) is 95.9 cm³/mol. The third-order valence-electron chi connectivity index (χ3n) is 6.22. The van der Waals surface area contributed by atoms with Crippen LogP contribution < -0.4 is 0 Å². The summed E-state index contributed by atoms with van der Waals surface area (Å²) in [6, 6.07) is 0.894. The standard InChI is InChI=1S/C19H37N3O/c1-2-20(9-6-10-21-13-15-23-16-14-21)17-18-7-5-12-22-11-4-3-8-19(18)22/h18-19H,2-17H2,1H3/t18-,19+/m0/s1. The van der Waals surface area contributed by atoms with Crippen molar-refractivity contribution >= 4 is 0 Å². The van der Waals surface area contributed by atoms with Crippen LogP contribution in [0.2, 0.25) is 0 Å². The highest BCUT2D eigenvalue weighted by Crippen LogP contribution is 2.31. The van der Waals surface area contributed by atoms with Gasteiger partial charge in [0.2, 0.25) is 0 Å². The van der Waals surface area contributed by atoms with Crippen LogP contribution in [0.4, 0.5) is 0 Å². The zero-order chi connectivity index (χ0) is 15.9. The Labute approximate surface area is 143 Å². The van der Waals surface area contributed by atoms with Crippen molar-refractivity contribution in [2.45, 2.75) is 51.5 Å². The fraction of sp³-hybridized carbons (Fsp3) is 1.00. The fourth-order valence-electron chi connectivity index (χ4n) is 4.84. The van der Waals surface area contributed by atoms with E-state index in [-0.39, 0.29) is 0 Å². The van der Waals surface area contributed by atoms with Crippen LogP contribution >= 0.6 is 0 Å². The fourth-order valence-corrected chi connectivity index (χ4v) is 4.84. The summed E-state index contributed by atoms with van der Waals surface area (Å²) in [4.78, 5) is 8.10. The molecule has 0 bridgehead atoms.